The number of nitrogens with zero attached hydrogens (tertiary/aromatic N) is 3. The van der Waals surface area contributed by atoms with E-state index in [-0.39, 0.29) is 11.9 Å². The molecule has 4 heterocycles. The summed E-state index contributed by atoms with van der Waals surface area (Å²) >= 11 is 1.82. The molecule has 6 nitrogen and oxygen atoms in total. The first kappa shape index (κ1) is 17.1. The number of aryl methyl sites for hydroxylation is 1. The molecular weight excluding hydrogens is 348 g/mol. The van der Waals surface area contributed by atoms with Gasteiger partial charge in [-0.05, 0) is 48.6 Å². The minimum Gasteiger partial charge on any atom is -0.459 e. The Labute approximate surface area is 156 Å². The Kier molecular flexibility index (Phi) is 4.90. The van der Waals surface area contributed by atoms with Gasteiger partial charge in [-0.25, -0.2) is 0 Å². The summed E-state index contributed by atoms with van der Waals surface area (Å²) in [6, 6.07) is 7.91. The Morgan fingerprint density at radius 1 is 1.42 bits per heavy atom. The molecule has 0 aromatic carbocycles. The summed E-state index contributed by atoms with van der Waals surface area (Å²) in [6.07, 6.45) is 4.21. The molecule has 26 heavy (non-hydrogen) atoms. The molecule has 0 saturated heterocycles. The topological polar surface area (TPSA) is 63.3 Å². The highest BCUT2D eigenvalue weighted by Crippen LogP contribution is 2.26. The van der Waals surface area contributed by atoms with E-state index in [1.165, 1.54) is 22.4 Å². The van der Waals surface area contributed by atoms with E-state index in [0.717, 1.165) is 26.1 Å². The molecule has 1 aliphatic rings. The average molecular weight is 370 g/mol. The van der Waals surface area contributed by atoms with Crippen molar-refractivity contribution >= 4 is 17.2 Å². The number of aromatic nitrogens is 2. The van der Waals surface area contributed by atoms with Gasteiger partial charge in [0, 0.05) is 37.3 Å². The van der Waals surface area contributed by atoms with Crippen LogP contribution in [0.25, 0.3) is 0 Å². The molecule has 136 valence electrons. The first-order valence-electron chi connectivity index (χ1n) is 8.80. The number of carbonyl (C=O) groups is 1. The summed E-state index contributed by atoms with van der Waals surface area (Å²) < 4.78 is 7.24. The van der Waals surface area contributed by atoms with E-state index >= 15 is 0 Å². The molecule has 1 N–H and O–H groups in total. The normalized spacial score (nSPS) is 17.2. The fourth-order valence-corrected chi connectivity index (χ4v) is 4.36. The molecule has 0 unspecified atom stereocenters. The second-order valence-corrected chi connectivity index (χ2v) is 7.64. The number of nitrogens with one attached hydrogen (secondary N) is 1. The first-order chi connectivity index (χ1) is 12.7. The molecule has 1 atom stereocenters. The zero-order valence-electron chi connectivity index (χ0n) is 14.7. The summed E-state index contributed by atoms with van der Waals surface area (Å²) in [5.74, 6) is 0.181. The highest BCUT2D eigenvalue weighted by molar-refractivity contribution is 7.10. The van der Waals surface area contributed by atoms with Crippen molar-refractivity contribution in [1.82, 2.24) is 20.0 Å². The lowest BCUT2D eigenvalue weighted by Gasteiger charge is -2.34. The predicted octanol–water partition coefficient (Wildman–Crippen LogP) is 3.22. The van der Waals surface area contributed by atoms with Crippen LogP contribution >= 0.6 is 11.3 Å². The largest absolute Gasteiger partial charge is 0.459 e. The van der Waals surface area contributed by atoms with Gasteiger partial charge in [0.1, 0.15) is 0 Å². The summed E-state index contributed by atoms with van der Waals surface area (Å²) in [6.45, 7) is 5.57. The number of carbonyl (C=O) groups excluding carboxylic acids is 1. The molecule has 0 aliphatic carbocycles. The number of furan rings is 1. The van der Waals surface area contributed by atoms with Gasteiger partial charge in [0.15, 0.2) is 5.76 Å². The van der Waals surface area contributed by atoms with Crippen LogP contribution in [0, 0.1) is 6.92 Å². The van der Waals surface area contributed by atoms with E-state index in [0.29, 0.717) is 12.3 Å². The van der Waals surface area contributed by atoms with Gasteiger partial charge in [-0.1, -0.05) is 0 Å². The second-order valence-electron chi connectivity index (χ2n) is 6.64. The van der Waals surface area contributed by atoms with Crippen LogP contribution in [0.1, 0.15) is 39.2 Å². The Hall–Kier alpha value is -2.38. The lowest BCUT2D eigenvalue weighted by atomic mass is 10.1. The minimum atomic E-state index is -0.169. The van der Waals surface area contributed by atoms with Crippen LogP contribution in [-0.4, -0.2) is 33.7 Å². The van der Waals surface area contributed by atoms with E-state index in [1.54, 1.807) is 12.1 Å². The Balaban J connectivity index is 1.38. The molecule has 0 radical (unpaired) electrons. The summed E-state index contributed by atoms with van der Waals surface area (Å²) in [4.78, 5) is 15.9. The number of hydrogen-bond acceptors (Lipinski definition) is 5. The maximum Gasteiger partial charge on any atom is 0.286 e. The molecule has 1 aliphatic heterocycles. The molecule has 0 spiro atoms. The van der Waals surface area contributed by atoms with E-state index in [1.807, 2.05) is 17.5 Å². The first-order valence-corrected chi connectivity index (χ1v) is 9.68. The summed E-state index contributed by atoms with van der Waals surface area (Å²) in [5, 5.41) is 9.58. The lowest BCUT2D eigenvalue weighted by Crippen LogP contribution is -2.38. The highest BCUT2D eigenvalue weighted by Gasteiger charge is 2.26. The summed E-state index contributed by atoms with van der Waals surface area (Å²) in [5.41, 5.74) is 2.59. The van der Waals surface area contributed by atoms with Gasteiger partial charge in [0.05, 0.1) is 18.0 Å². The molecule has 0 bridgehead atoms. The van der Waals surface area contributed by atoms with Crippen molar-refractivity contribution in [2.75, 3.05) is 13.1 Å². The number of fused-ring (bicyclic) bond motifs is 1. The highest BCUT2D eigenvalue weighted by atomic mass is 32.1. The van der Waals surface area contributed by atoms with Gasteiger partial charge in [-0.15, -0.1) is 11.3 Å². The number of rotatable bonds is 6. The number of thiophene rings is 1. The van der Waals surface area contributed by atoms with Crippen LogP contribution in [0.15, 0.2) is 46.5 Å². The quantitative estimate of drug-likeness (QED) is 0.724. The third-order valence-electron chi connectivity index (χ3n) is 4.80. The Morgan fingerprint density at radius 2 is 2.35 bits per heavy atom. The van der Waals surface area contributed by atoms with Crippen LogP contribution in [0.5, 0.6) is 0 Å². The van der Waals surface area contributed by atoms with Crippen molar-refractivity contribution in [2.45, 2.75) is 32.5 Å². The molecule has 4 rings (SSSR count). The Morgan fingerprint density at radius 3 is 3.12 bits per heavy atom. The van der Waals surface area contributed by atoms with Crippen LogP contribution in [-0.2, 0) is 13.1 Å². The molecular formula is C19H22N4O2S. The van der Waals surface area contributed by atoms with Crippen molar-refractivity contribution in [3.8, 4) is 0 Å². The van der Waals surface area contributed by atoms with E-state index in [9.17, 15) is 4.79 Å². The van der Waals surface area contributed by atoms with Crippen molar-refractivity contribution in [1.29, 1.82) is 0 Å². The minimum absolute atomic E-state index is 0.169. The average Bonchev–Trinajstić information content (AvgIpc) is 3.37. The molecule has 7 heteroatoms. The van der Waals surface area contributed by atoms with Gasteiger partial charge in [-0.2, -0.15) is 5.10 Å². The maximum atomic E-state index is 12.0. The molecule has 1 amide bonds. The van der Waals surface area contributed by atoms with Crippen molar-refractivity contribution < 1.29 is 9.21 Å². The fourth-order valence-electron chi connectivity index (χ4n) is 3.42. The van der Waals surface area contributed by atoms with Gasteiger partial charge in [-0.3, -0.25) is 14.4 Å². The van der Waals surface area contributed by atoms with Crippen LogP contribution in [0.4, 0.5) is 0 Å². The monoisotopic (exact) mass is 370 g/mol. The smallest absolute Gasteiger partial charge is 0.286 e. The van der Waals surface area contributed by atoms with E-state index < -0.39 is 0 Å². The predicted molar refractivity (Wildman–Crippen MR) is 100 cm³/mol. The molecule has 3 aromatic heterocycles. The van der Waals surface area contributed by atoms with Gasteiger partial charge in [0.2, 0.25) is 0 Å². The molecule has 0 saturated carbocycles. The van der Waals surface area contributed by atoms with Gasteiger partial charge >= 0.3 is 0 Å². The number of hydrogen-bond donors (Lipinski definition) is 1. The zero-order chi connectivity index (χ0) is 17.9. The molecule has 3 aromatic rings. The van der Waals surface area contributed by atoms with Crippen molar-refractivity contribution in [3.05, 3.63) is 64.0 Å². The maximum absolute atomic E-state index is 12.0. The van der Waals surface area contributed by atoms with Crippen molar-refractivity contribution in [3.63, 3.8) is 0 Å². The summed E-state index contributed by atoms with van der Waals surface area (Å²) in [7, 11) is 0. The van der Waals surface area contributed by atoms with Crippen molar-refractivity contribution in [2.24, 2.45) is 0 Å². The zero-order valence-corrected chi connectivity index (χ0v) is 15.5. The third kappa shape index (κ3) is 3.59. The standard InChI is InChI=1S/C19H22N4O2S/c1-14-6-10-26-18(14)13-22-11-15(23-16(12-22)5-8-21-23)4-7-20-19(24)17-3-2-9-25-17/h2-3,5-6,8-10,15H,4,7,11-13H2,1H3,(H,20,24)/t15-/m0/s1. The van der Waals surface area contributed by atoms with Gasteiger partial charge < -0.3 is 9.73 Å². The van der Waals surface area contributed by atoms with Gasteiger partial charge in [0.25, 0.3) is 5.91 Å². The van der Waals surface area contributed by atoms with Crippen LogP contribution < -0.4 is 5.32 Å². The van der Waals surface area contributed by atoms with E-state index in [4.69, 9.17) is 4.42 Å². The van der Waals surface area contributed by atoms with E-state index in [2.05, 4.69) is 44.4 Å². The Bertz CT molecular complexity index is 868. The van der Waals surface area contributed by atoms with Crippen LogP contribution in [0.2, 0.25) is 0 Å². The number of amides is 1. The SMILES string of the molecule is Cc1ccsc1CN1Cc2ccnn2[C@@H](CCNC(=O)c2ccco2)C1. The second kappa shape index (κ2) is 7.47. The third-order valence-corrected chi connectivity index (χ3v) is 5.80. The molecule has 0 fully saturated rings. The fraction of sp³-hybridized carbons (Fsp3) is 0.368. The lowest BCUT2D eigenvalue weighted by molar-refractivity contribution is 0.0919. The van der Waals surface area contributed by atoms with Crippen LogP contribution in [0.3, 0.4) is 0 Å².